The lowest BCUT2D eigenvalue weighted by molar-refractivity contribution is 0.349. The average molecular weight is 205 g/mol. The predicted octanol–water partition coefficient (Wildman–Crippen LogP) is 3.55. The van der Waals surface area contributed by atoms with Crippen LogP contribution in [0.5, 0.6) is 0 Å². The Kier molecular flexibility index (Phi) is 5.41. The molecule has 0 radical (unpaired) electrons. The summed E-state index contributed by atoms with van der Waals surface area (Å²) in [5.74, 6) is 0. The highest BCUT2D eigenvalue weighted by atomic mass is 15.1. The molecule has 0 aromatic carbocycles. The molecule has 0 bridgehead atoms. The van der Waals surface area contributed by atoms with Crippen LogP contribution in [-0.4, -0.2) is 24.5 Å². The summed E-state index contributed by atoms with van der Waals surface area (Å²) in [5, 5.41) is 0. The minimum Gasteiger partial charge on any atom is -0.299 e. The largest absolute Gasteiger partial charge is 0.299 e. The summed E-state index contributed by atoms with van der Waals surface area (Å²) >= 11 is 0. The molecule has 1 aliphatic rings. The van der Waals surface area contributed by atoms with Crippen LogP contribution in [0.3, 0.4) is 0 Å². The molecule has 15 heavy (non-hydrogen) atoms. The van der Waals surface area contributed by atoms with Crippen molar-refractivity contribution in [3.05, 3.63) is 36.5 Å². The minimum atomic E-state index is 0.608. The van der Waals surface area contributed by atoms with Crippen molar-refractivity contribution in [3.63, 3.8) is 0 Å². The molecule has 1 aliphatic heterocycles. The van der Waals surface area contributed by atoms with Crippen molar-refractivity contribution in [1.29, 1.82) is 0 Å². The highest BCUT2D eigenvalue weighted by molar-refractivity contribution is 5.29. The number of hydrogen-bond donors (Lipinski definition) is 0. The number of rotatable bonds is 5. The highest BCUT2D eigenvalue weighted by Gasteiger charge is 2.22. The van der Waals surface area contributed by atoms with Crippen LogP contribution in [0.25, 0.3) is 0 Å². The van der Waals surface area contributed by atoms with Gasteiger partial charge in [-0.05, 0) is 38.4 Å². The molecule has 84 valence electrons. The molecule has 1 rings (SSSR count). The van der Waals surface area contributed by atoms with E-state index in [1.807, 2.05) is 6.08 Å². The van der Waals surface area contributed by atoms with E-state index in [1.54, 1.807) is 0 Å². The van der Waals surface area contributed by atoms with E-state index in [2.05, 4.69) is 43.7 Å². The van der Waals surface area contributed by atoms with Crippen molar-refractivity contribution >= 4 is 0 Å². The van der Waals surface area contributed by atoms with E-state index in [0.29, 0.717) is 6.04 Å². The lowest BCUT2D eigenvalue weighted by Gasteiger charge is -2.20. The molecule has 0 aromatic rings. The van der Waals surface area contributed by atoms with Gasteiger partial charge in [-0.25, -0.2) is 0 Å². The first kappa shape index (κ1) is 12.3. The summed E-state index contributed by atoms with van der Waals surface area (Å²) in [5.41, 5.74) is 1.42. The van der Waals surface area contributed by atoms with Crippen LogP contribution in [0.1, 0.15) is 32.6 Å². The zero-order valence-electron chi connectivity index (χ0n) is 10.1. The maximum atomic E-state index is 3.80. The summed E-state index contributed by atoms with van der Waals surface area (Å²) in [6, 6.07) is 0.608. The smallest absolute Gasteiger partial charge is 0.0345 e. The topological polar surface area (TPSA) is 3.24 Å². The normalized spacial score (nSPS) is 23.9. The molecule has 1 nitrogen and oxygen atoms in total. The van der Waals surface area contributed by atoms with Gasteiger partial charge in [0, 0.05) is 6.04 Å². The molecule has 1 atom stereocenters. The molecule has 0 aromatic heterocycles. The Morgan fingerprint density at radius 2 is 2.33 bits per heavy atom. The monoisotopic (exact) mass is 205 g/mol. The van der Waals surface area contributed by atoms with Crippen LogP contribution in [0.2, 0.25) is 0 Å². The van der Waals surface area contributed by atoms with Gasteiger partial charge in [0.05, 0.1) is 0 Å². The number of unbranched alkanes of at least 4 members (excludes halogenated alkanes) is 1. The van der Waals surface area contributed by atoms with Gasteiger partial charge in [0.2, 0.25) is 0 Å². The molecule has 1 heterocycles. The molecule has 1 fully saturated rings. The van der Waals surface area contributed by atoms with E-state index in [1.165, 1.54) is 37.8 Å². The highest BCUT2D eigenvalue weighted by Crippen LogP contribution is 2.23. The van der Waals surface area contributed by atoms with E-state index < -0.39 is 0 Å². The van der Waals surface area contributed by atoms with Gasteiger partial charge in [0.15, 0.2) is 0 Å². The second-order valence-electron chi connectivity index (χ2n) is 4.23. The minimum absolute atomic E-state index is 0.608. The first-order chi connectivity index (χ1) is 7.29. The van der Waals surface area contributed by atoms with Gasteiger partial charge in [0.1, 0.15) is 0 Å². The summed E-state index contributed by atoms with van der Waals surface area (Å²) in [6.45, 7) is 7.23. The molecule has 1 unspecified atom stereocenters. The van der Waals surface area contributed by atoms with Crippen LogP contribution in [0, 0.1) is 0 Å². The fourth-order valence-corrected chi connectivity index (χ4v) is 2.13. The third kappa shape index (κ3) is 3.67. The lowest BCUT2D eigenvalue weighted by atomic mass is 10.0. The molecular formula is C14H23N. The fraction of sp³-hybridized carbons (Fsp3) is 0.571. The van der Waals surface area contributed by atoms with E-state index >= 15 is 0 Å². The van der Waals surface area contributed by atoms with Crippen LogP contribution >= 0.6 is 0 Å². The lowest BCUT2D eigenvalue weighted by Crippen LogP contribution is -2.26. The van der Waals surface area contributed by atoms with Gasteiger partial charge in [-0.2, -0.15) is 0 Å². The number of hydrogen-bond acceptors (Lipinski definition) is 1. The fourth-order valence-electron chi connectivity index (χ4n) is 2.13. The van der Waals surface area contributed by atoms with Gasteiger partial charge >= 0.3 is 0 Å². The summed E-state index contributed by atoms with van der Waals surface area (Å²) in [7, 11) is 2.21. The quantitative estimate of drug-likeness (QED) is 0.620. The summed E-state index contributed by atoms with van der Waals surface area (Å²) in [6.07, 6.45) is 13.6. The van der Waals surface area contributed by atoms with Gasteiger partial charge < -0.3 is 0 Å². The zero-order chi connectivity index (χ0) is 11.1. The molecule has 0 N–H and O–H groups in total. The SMILES string of the molecule is C=C/C=C(\C=C/CCC)C1CCCN1C. The number of allylic oxidation sites excluding steroid dienone is 3. The maximum absolute atomic E-state index is 3.80. The van der Waals surface area contributed by atoms with Gasteiger partial charge in [0.25, 0.3) is 0 Å². The van der Waals surface area contributed by atoms with E-state index in [0.717, 1.165) is 0 Å². The van der Waals surface area contributed by atoms with Crippen LogP contribution in [-0.2, 0) is 0 Å². The van der Waals surface area contributed by atoms with Crippen molar-refractivity contribution in [2.45, 2.75) is 38.6 Å². The van der Waals surface area contributed by atoms with Crippen molar-refractivity contribution in [1.82, 2.24) is 4.90 Å². The van der Waals surface area contributed by atoms with Crippen LogP contribution in [0.4, 0.5) is 0 Å². The van der Waals surface area contributed by atoms with Gasteiger partial charge in [-0.15, -0.1) is 0 Å². The average Bonchev–Trinajstić information content (AvgIpc) is 2.64. The Hall–Kier alpha value is -0.820. The van der Waals surface area contributed by atoms with Gasteiger partial charge in [-0.3, -0.25) is 4.90 Å². The number of nitrogens with zero attached hydrogens (tertiary/aromatic N) is 1. The number of likely N-dealkylation sites (tertiary alicyclic amines) is 1. The van der Waals surface area contributed by atoms with E-state index in [-0.39, 0.29) is 0 Å². The Balaban J connectivity index is 2.65. The molecule has 1 heteroatoms. The molecule has 0 spiro atoms. The Morgan fingerprint density at radius 1 is 1.53 bits per heavy atom. The first-order valence-corrected chi connectivity index (χ1v) is 5.99. The van der Waals surface area contributed by atoms with Gasteiger partial charge in [-0.1, -0.05) is 44.2 Å². The van der Waals surface area contributed by atoms with Crippen molar-refractivity contribution < 1.29 is 0 Å². The second-order valence-corrected chi connectivity index (χ2v) is 4.23. The third-order valence-electron chi connectivity index (χ3n) is 2.98. The Morgan fingerprint density at radius 3 is 2.87 bits per heavy atom. The third-order valence-corrected chi connectivity index (χ3v) is 2.98. The maximum Gasteiger partial charge on any atom is 0.0345 e. The van der Waals surface area contributed by atoms with Crippen LogP contribution < -0.4 is 0 Å². The molecule has 0 amide bonds. The Labute approximate surface area is 94.2 Å². The second kappa shape index (κ2) is 6.62. The molecule has 0 aliphatic carbocycles. The number of likely N-dealkylation sites (N-methyl/N-ethyl adjacent to an activating group) is 1. The summed E-state index contributed by atoms with van der Waals surface area (Å²) in [4.78, 5) is 2.44. The van der Waals surface area contributed by atoms with E-state index in [9.17, 15) is 0 Å². The molecule has 1 saturated heterocycles. The van der Waals surface area contributed by atoms with Crippen molar-refractivity contribution in [3.8, 4) is 0 Å². The van der Waals surface area contributed by atoms with Crippen molar-refractivity contribution in [2.75, 3.05) is 13.6 Å². The zero-order valence-corrected chi connectivity index (χ0v) is 10.1. The standard InChI is InChI=1S/C14H23N/c1-4-6-7-10-13(9-5-2)14-11-8-12-15(14)3/h5,7,9-10,14H,2,4,6,8,11-12H2,1,3H3/b10-7-,13-9+. The van der Waals surface area contributed by atoms with E-state index in [4.69, 9.17) is 0 Å². The molecular weight excluding hydrogens is 182 g/mol. The summed E-state index contributed by atoms with van der Waals surface area (Å²) < 4.78 is 0. The van der Waals surface area contributed by atoms with Crippen LogP contribution in [0.15, 0.2) is 36.5 Å². The predicted molar refractivity (Wildman–Crippen MR) is 68.0 cm³/mol. The Bertz CT molecular complexity index is 250. The van der Waals surface area contributed by atoms with Crippen molar-refractivity contribution in [2.24, 2.45) is 0 Å². The molecule has 0 saturated carbocycles. The first-order valence-electron chi connectivity index (χ1n) is 5.99.